The summed E-state index contributed by atoms with van der Waals surface area (Å²) in [5.41, 5.74) is 12.4. The summed E-state index contributed by atoms with van der Waals surface area (Å²) in [7, 11) is 1.88. The van der Waals surface area contributed by atoms with Crippen LogP contribution >= 0.6 is 0 Å². The number of nitrogen functional groups attached to an aromatic ring is 1. The molecule has 5 rings (SSSR count). The summed E-state index contributed by atoms with van der Waals surface area (Å²) in [6, 6.07) is 7.18. The van der Waals surface area contributed by atoms with E-state index in [0.717, 1.165) is 49.4 Å². The lowest BCUT2D eigenvalue weighted by molar-refractivity contribution is 0.0851. The van der Waals surface area contributed by atoms with Crippen LogP contribution in [0.3, 0.4) is 0 Å². The zero-order valence-corrected chi connectivity index (χ0v) is 17.3. The van der Waals surface area contributed by atoms with Crippen LogP contribution in [-0.2, 0) is 11.8 Å². The fourth-order valence-electron chi connectivity index (χ4n) is 4.66. The first-order valence-electron chi connectivity index (χ1n) is 10.8. The summed E-state index contributed by atoms with van der Waals surface area (Å²) in [6.45, 7) is 2.78. The highest BCUT2D eigenvalue weighted by Crippen LogP contribution is 2.37. The molecular weight excluding hydrogens is 376 g/mol. The van der Waals surface area contributed by atoms with Gasteiger partial charge >= 0.3 is 0 Å². The molecule has 156 valence electrons. The highest BCUT2D eigenvalue weighted by Gasteiger charge is 2.25. The number of benzene rings is 1. The standard InChI is InChI=1S/C23H28N6O/c1-29-14-17(12-27-29)22-23(24)26-13-21(28-22)16-4-5-18(15-6-9-30-10-7-15)19(11-16)20-3-2-8-25-20/h4-5,11-15,20,25H,2-3,6-10H2,1H3,(H2,24,26)/t20-/m0/s1. The minimum atomic E-state index is 0.405. The fraction of sp³-hybridized carbons (Fsp3) is 0.435. The molecule has 0 aliphatic carbocycles. The first kappa shape index (κ1) is 19.2. The molecule has 2 saturated heterocycles. The molecular formula is C23H28N6O. The predicted octanol–water partition coefficient (Wildman–Crippen LogP) is 3.44. The van der Waals surface area contributed by atoms with Gasteiger partial charge in [-0.2, -0.15) is 5.10 Å². The van der Waals surface area contributed by atoms with Gasteiger partial charge < -0.3 is 15.8 Å². The van der Waals surface area contributed by atoms with Crippen LogP contribution in [0.4, 0.5) is 5.82 Å². The van der Waals surface area contributed by atoms with Gasteiger partial charge in [-0.25, -0.2) is 9.97 Å². The molecule has 30 heavy (non-hydrogen) atoms. The van der Waals surface area contributed by atoms with Gasteiger partial charge in [-0.15, -0.1) is 0 Å². The van der Waals surface area contributed by atoms with Gasteiger partial charge in [-0.1, -0.05) is 12.1 Å². The van der Waals surface area contributed by atoms with Crippen molar-refractivity contribution in [2.45, 2.75) is 37.6 Å². The Balaban J connectivity index is 1.55. The molecule has 1 aromatic carbocycles. The van der Waals surface area contributed by atoms with Crippen LogP contribution < -0.4 is 11.1 Å². The number of anilines is 1. The Kier molecular flexibility index (Phi) is 5.23. The summed E-state index contributed by atoms with van der Waals surface area (Å²) in [5.74, 6) is 0.983. The Morgan fingerprint density at radius 1 is 1.10 bits per heavy atom. The molecule has 0 radical (unpaired) electrons. The molecule has 7 nitrogen and oxygen atoms in total. The quantitative estimate of drug-likeness (QED) is 0.692. The summed E-state index contributed by atoms with van der Waals surface area (Å²) in [5, 5.41) is 7.92. The van der Waals surface area contributed by atoms with Crippen LogP contribution in [0.1, 0.15) is 48.8 Å². The third-order valence-corrected chi connectivity index (χ3v) is 6.26. The summed E-state index contributed by atoms with van der Waals surface area (Å²) < 4.78 is 7.34. The molecule has 2 fully saturated rings. The van der Waals surface area contributed by atoms with Crippen LogP contribution in [0.15, 0.2) is 36.8 Å². The monoisotopic (exact) mass is 404 g/mol. The van der Waals surface area contributed by atoms with Crippen molar-refractivity contribution in [3.05, 3.63) is 47.9 Å². The van der Waals surface area contributed by atoms with Crippen molar-refractivity contribution in [1.82, 2.24) is 25.1 Å². The number of ether oxygens (including phenoxy) is 1. The Morgan fingerprint density at radius 2 is 1.97 bits per heavy atom. The maximum absolute atomic E-state index is 6.13. The Labute approximate surface area is 176 Å². The van der Waals surface area contributed by atoms with Crippen molar-refractivity contribution >= 4 is 5.82 Å². The topological polar surface area (TPSA) is 90.9 Å². The van der Waals surface area contributed by atoms with E-state index >= 15 is 0 Å². The molecule has 0 bridgehead atoms. The number of hydrogen-bond donors (Lipinski definition) is 2. The number of nitrogens with one attached hydrogen (secondary N) is 1. The first-order chi connectivity index (χ1) is 14.7. The van der Waals surface area contributed by atoms with Crippen LogP contribution in [0.2, 0.25) is 0 Å². The molecule has 0 saturated carbocycles. The predicted molar refractivity (Wildman–Crippen MR) is 117 cm³/mol. The largest absolute Gasteiger partial charge is 0.382 e. The van der Waals surface area contributed by atoms with Crippen molar-refractivity contribution < 1.29 is 4.74 Å². The number of aromatic nitrogens is 4. The summed E-state index contributed by atoms with van der Waals surface area (Å²) in [6.07, 6.45) is 10.0. The van der Waals surface area contributed by atoms with Crippen LogP contribution in [0, 0.1) is 0 Å². The molecule has 2 aromatic heterocycles. The smallest absolute Gasteiger partial charge is 0.150 e. The highest BCUT2D eigenvalue weighted by atomic mass is 16.5. The van der Waals surface area contributed by atoms with Gasteiger partial charge in [0.1, 0.15) is 11.5 Å². The third-order valence-electron chi connectivity index (χ3n) is 6.26. The molecule has 7 heteroatoms. The maximum atomic E-state index is 6.13. The number of rotatable bonds is 4. The highest BCUT2D eigenvalue weighted by molar-refractivity contribution is 5.72. The molecule has 2 aliphatic rings. The lowest BCUT2D eigenvalue weighted by atomic mass is 9.84. The third kappa shape index (κ3) is 3.70. The molecule has 1 atom stereocenters. The number of nitrogens with two attached hydrogens (primary N) is 1. The molecule has 3 aromatic rings. The number of nitrogens with zero attached hydrogens (tertiary/aromatic N) is 4. The van der Waals surface area contributed by atoms with Crippen molar-refractivity contribution in [1.29, 1.82) is 0 Å². The van der Waals surface area contributed by atoms with E-state index in [0.29, 0.717) is 23.5 Å². The van der Waals surface area contributed by atoms with Gasteiger partial charge in [0.25, 0.3) is 0 Å². The van der Waals surface area contributed by atoms with Gasteiger partial charge in [-0.3, -0.25) is 4.68 Å². The molecule has 0 unspecified atom stereocenters. The van der Waals surface area contributed by atoms with E-state index in [1.807, 2.05) is 13.2 Å². The van der Waals surface area contributed by atoms with Gasteiger partial charge in [0.15, 0.2) is 0 Å². The lowest BCUT2D eigenvalue weighted by Gasteiger charge is -2.27. The van der Waals surface area contributed by atoms with Crippen molar-refractivity contribution in [3.8, 4) is 22.5 Å². The second-order valence-electron chi connectivity index (χ2n) is 8.27. The van der Waals surface area contributed by atoms with Crippen LogP contribution in [0.25, 0.3) is 22.5 Å². The average molecular weight is 405 g/mol. The lowest BCUT2D eigenvalue weighted by Crippen LogP contribution is -2.19. The van der Waals surface area contributed by atoms with Gasteiger partial charge in [0.2, 0.25) is 0 Å². The van der Waals surface area contributed by atoms with Crippen LogP contribution in [-0.4, -0.2) is 39.5 Å². The maximum Gasteiger partial charge on any atom is 0.150 e. The van der Waals surface area contributed by atoms with E-state index in [9.17, 15) is 0 Å². The van der Waals surface area contributed by atoms with E-state index in [1.165, 1.54) is 24.0 Å². The van der Waals surface area contributed by atoms with Gasteiger partial charge in [0.05, 0.1) is 18.1 Å². The van der Waals surface area contributed by atoms with Crippen LogP contribution in [0.5, 0.6) is 0 Å². The zero-order valence-electron chi connectivity index (χ0n) is 17.3. The molecule has 0 amide bonds. The van der Waals surface area contributed by atoms with Crippen molar-refractivity contribution in [2.75, 3.05) is 25.5 Å². The minimum Gasteiger partial charge on any atom is -0.382 e. The minimum absolute atomic E-state index is 0.405. The van der Waals surface area contributed by atoms with Crippen molar-refractivity contribution in [3.63, 3.8) is 0 Å². The number of aryl methyl sites for hydroxylation is 1. The van der Waals surface area contributed by atoms with Gasteiger partial charge in [-0.05, 0) is 55.3 Å². The summed E-state index contributed by atoms with van der Waals surface area (Å²) >= 11 is 0. The fourth-order valence-corrected chi connectivity index (χ4v) is 4.66. The second-order valence-corrected chi connectivity index (χ2v) is 8.27. The SMILES string of the molecule is Cn1cc(-c2nc(-c3ccc(C4CCOCC4)c([C@@H]4CCCN4)c3)cnc2N)cn1. The second kappa shape index (κ2) is 8.16. The average Bonchev–Trinajstić information content (AvgIpc) is 3.46. The van der Waals surface area contributed by atoms with E-state index in [2.05, 4.69) is 33.6 Å². The van der Waals surface area contributed by atoms with E-state index in [4.69, 9.17) is 15.5 Å². The Morgan fingerprint density at radius 3 is 2.70 bits per heavy atom. The van der Waals surface area contributed by atoms with E-state index in [-0.39, 0.29) is 0 Å². The zero-order chi connectivity index (χ0) is 20.5. The summed E-state index contributed by atoms with van der Waals surface area (Å²) in [4.78, 5) is 9.28. The van der Waals surface area contributed by atoms with Gasteiger partial charge in [0, 0.05) is 43.6 Å². The normalized spacial score (nSPS) is 20.0. The number of hydrogen-bond acceptors (Lipinski definition) is 6. The van der Waals surface area contributed by atoms with E-state index < -0.39 is 0 Å². The Hall–Kier alpha value is -2.77. The first-order valence-corrected chi connectivity index (χ1v) is 10.8. The van der Waals surface area contributed by atoms with E-state index in [1.54, 1.807) is 17.1 Å². The molecule has 3 N–H and O–H groups in total. The molecule has 2 aliphatic heterocycles. The molecule has 0 spiro atoms. The Bertz CT molecular complexity index is 1030. The molecule has 4 heterocycles. The van der Waals surface area contributed by atoms with Crippen molar-refractivity contribution in [2.24, 2.45) is 7.05 Å².